The van der Waals surface area contributed by atoms with Crippen LogP contribution in [0.5, 0.6) is 0 Å². The van der Waals surface area contributed by atoms with E-state index in [4.69, 9.17) is 9.47 Å². The van der Waals surface area contributed by atoms with Crippen LogP contribution in [0.1, 0.15) is 6.42 Å². The van der Waals surface area contributed by atoms with Crippen molar-refractivity contribution in [3.05, 3.63) is 0 Å². The number of hydrogen-bond donors (Lipinski definition) is 0. The molecule has 0 aromatic heterocycles. The minimum absolute atomic E-state index is 0.696. The first-order chi connectivity index (χ1) is 3.71. The van der Waals surface area contributed by atoms with Gasteiger partial charge in [-0.15, -0.1) is 0 Å². The maximum absolute atomic E-state index is 5.08. The van der Waals surface area contributed by atoms with Gasteiger partial charge >= 0.3 is 0 Å². The Morgan fingerprint density at radius 2 is 1.62 bits per heavy atom. The van der Waals surface area contributed by atoms with E-state index < -0.39 is 3.61 Å². The average molecular weight is 246 g/mol. The smallest absolute Gasteiger partial charge is 0.285 e. The van der Waals surface area contributed by atoms with E-state index in [0.717, 1.165) is 19.6 Å². The second kappa shape index (κ2) is 2.64. The van der Waals surface area contributed by atoms with E-state index in [1.165, 1.54) is 0 Å². The lowest BCUT2D eigenvalue weighted by atomic mass is 10.5. The summed E-state index contributed by atoms with van der Waals surface area (Å²) in [7, 11) is 0. The molecular weight excluding hydrogens is 240 g/mol. The van der Waals surface area contributed by atoms with Crippen LogP contribution in [0.4, 0.5) is 0 Å². The van der Waals surface area contributed by atoms with Crippen molar-refractivity contribution in [3.63, 3.8) is 0 Å². The lowest BCUT2D eigenvalue weighted by molar-refractivity contribution is -0.137. The van der Waals surface area contributed by atoms with E-state index in [-0.39, 0.29) is 0 Å². The van der Waals surface area contributed by atoms with Gasteiger partial charge in [-0.05, 0) is 38.3 Å². The highest BCUT2D eigenvalue weighted by molar-refractivity contribution is 9.25. The number of halogens is 2. The fourth-order valence-electron chi connectivity index (χ4n) is 0.483. The van der Waals surface area contributed by atoms with E-state index in [2.05, 4.69) is 31.9 Å². The summed E-state index contributed by atoms with van der Waals surface area (Å²) in [6, 6.07) is 0. The first-order valence-electron chi connectivity index (χ1n) is 2.36. The van der Waals surface area contributed by atoms with Crippen LogP contribution in [0.3, 0.4) is 0 Å². The first kappa shape index (κ1) is 6.99. The fourth-order valence-corrected chi connectivity index (χ4v) is 1.13. The molecule has 0 aromatic rings. The zero-order chi connectivity index (χ0) is 6.04. The fraction of sp³-hybridized carbons (Fsp3) is 1.00. The molecule has 4 heteroatoms. The third-order valence-electron chi connectivity index (χ3n) is 0.829. The molecule has 1 heterocycles. The molecule has 0 aliphatic carbocycles. The van der Waals surface area contributed by atoms with Crippen LogP contribution < -0.4 is 0 Å². The molecule has 0 atom stereocenters. The van der Waals surface area contributed by atoms with Gasteiger partial charge < -0.3 is 9.47 Å². The summed E-state index contributed by atoms with van der Waals surface area (Å²) < 4.78 is 9.46. The average Bonchev–Trinajstić information content (AvgIpc) is 1.65. The van der Waals surface area contributed by atoms with Gasteiger partial charge in [0.15, 0.2) is 0 Å². The summed E-state index contributed by atoms with van der Waals surface area (Å²) in [4.78, 5) is 0. The van der Waals surface area contributed by atoms with Crippen molar-refractivity contribution in [1.82, 2.24) is 0 Å². The summed E-state index contributed by atoms with van der Waals surface area (Å²) in [6.45, 7) is 1.49. The molecule has 2 nitrogen and oxygen atoms in total. The molecule has 1 saturated heterocycles. The molecule has 0 radical (unpaired) electrons. The molecule has 0 spiro atoms. The number of rotatable bonds is 0. The highest BCUT2D eigenvalue weighted by Crippen LogP contribution is 2.31. The molecule has 1 rings (SSSR count). The van der Waals surface area contributed by atoms with E-state index >= 15 is 0 Å². The largest absolute Gasteiger partial charge is 0.332 e. The minimum atomic E-state index is -0.696. The molecule has 48 valence electrons. The van der Waals surface area contributed by atoms with Crippen LogP contribution in [0.25, 0.3) is 0 Å². The summed E-state index contributed by atoms with van der Waals surface area (Å²) in [6.07, 6.45) is 0.971. The lowest BCUT2D eigenvalue weighted by Crippen LogP contribution is -2.27. The van der Waals surface area contributed by atoms with Crippen molar-refractivity contribution in [1.29, 1.82) is 0 Å². The Balaban J connectivity index is 2.33. The Labute approximate surface area is 64.8 Å². The molecule has 1 aliphatic rings. The van der Waals surface area contributed by atoms with Gasteiger partial charge in [-0.2, -0.15) is 0 Å². The Bertz CT molecular complexity index is 76.1. The van der Waals surface area contributed by atoms with E-state index in [9.17, 15) is 0 Å². The van der Waals surface area contributed by atoms with Crippen molar-refractivity contribution < 1.29 is 9.47 Å². The standard InChI is InChI=1S/C4H6Br2O2/c5-4(6)7-2-1-3-8-4/h1-3H2. The Hall–Kier alpha value is 0.880. The van der Waals surface area contributed by atoms with Gasteiger partial charge in [-0.1, -0.05) is 0 Å². The summed E-state index contributed by atoms with van der Waals surface area (Å²) in [5.74, 6) is 0. The van der Waals surface area contributed by atoms with Crippen LogP contribution >= 0.6 is 31.9 Å². The van der Waals surface area contributed by atoms with Gasteiger partial charge in [0.25, 0.3) is 3.61 Å². The zero-order valence-corrected chi connectivity index (χ0v) is 7.37. The molecule has 0 saturated carbocycles. The molecule has 8 heavy (non-hydrogen) atoms. The second-order valence-corrected chi connectivity index (χ2v) is 4.67. The van der Waals surface area contributed by atoms with Gasteiger partial charge in [0, 0.05) is 0 Å². The van der Waals surface area contributed by atoms with Crippen molar-refractivity contribution in [2.75, 3.05) is 13.2 Å². The molecule has 0 amide bonds. The van der Waals surface area contributed by atoms with E-state index in [1.807, 2.05) is 0 Å². The Kier molecular flexibility index (Phi) is 2.31. The lowest BCUT2D eigenvalue weighted by Gasteiger charge is -2.25. The third kappa shape index (κ3) is 2.01. The van der Waals surface area contributed by atoms with Gasteiger partial charge in [0.05, 0.1) is 13.2 Å². The van der Waals surface area contributed by atoms with Crippen LogP contribution in [0.2, 0.25) is 0 Å². The second-order valence-electron chi connectivity index (χ2n) is 1.51. The van der Waals surface area contributed by atoms with Crippen molar-refractivity contribution in [3.8, 4) is 0 Å². The predicted octanol–water partition coefficient (Wildman–Crippen LogP) is 1.82. The first-order valence-corrected chi connectivity index (χ1v) is 3.95. The van der Waals surface area contributed by atoms with Gasteiger partial charge in [0.2, 0.25) is 0 Å². The molecule has 0 unspecified atom stereocenters. The van der Waals surface area contributed by atoms with Gasteiger partial charge in [-0.25, -0.2) is 0 Å². The highest BCUT2D eigenvalue weighted by atomic mass is 79.9. The minimum Gasteiger partial charge on any atom is -0.332 e. The number of ether oxygens (including phenoxy) is 2. The maximum Gasteiger partial charge on any atom is 0.285 e. The SMILES string of the molecule is BrC1(Br)OCCCO1. The van der Waals surface area contributed by atoms with E-state index in [0.29, 0.717) is 0 Å². The Morgan fingerprint density at radius 3 is 1.88 bits per heavy atom. The predicted molar refractivity (Wildman–Crippen MR) is 37.1 cm³/mol. The van der Waals surface area contributed by atoms with Gasteiger partial charge in [0.1, 0.15) is 0 Å². The third-order valence-corrected chi connectivity index (χ3v) is 1.74. The summed E-state index contributed by atoms with van der Waals surface area (Å²) in [5.41, 5.74) is 0. The number of hydrogen-bond acceptors (Lipinski definition) is 2. The number of alkyl halides is 2. The zero-order valence-electron chi connectivity index (χ0n) is 4.19. The van der Waals surface area contributed by atoms with Crippen LogP contribution in [0, 0.1) is 0 Å². The molecule has 0 N–H and O–H groups in total. The summed E-state index contributed by atoms with van der Waals surface area (Å²) in [5, 5.41) is 0. The molecule has 0 bridgehead atoms. The molecule has 0 aromatic carbocycles. The quantitative estimate of drug-likeness (QED) is 0.607. The van der Waals surface area contributed by atoms with Crippen molar-refractivity contribution >= 4 is 31.9 Å². The van der Waals surface area contributed by atoms with Crippen LogP contribution in [-0.2, 0) is 9.47 Å². The van der Waals surface area contributed by atoms with Crippen LogP contribution in [0.15, 0.2) is 0 Å². The molecular formula is C4H6Br2O2. The Morgan fingerprint density at radius 1 is 1.12 bits per heavy atom. The maximum atomic E-state index is 5.08. The van der Waals surface area contributed by atoms with Crippen molar-refractivity contribution in [2.24, 2.45) is 0 Å². The van der Waals surface area contributed by atoms with E-state index in [1.54, 1.807) is 0 Å². The normalized spacial score (nSPS) is 27.8. The van der Waals surface area contributed by atoms with Crippen molar-refractivity contribution in [2.45, 2.75) is 10.0 Å². The van der Waals surface area contributed by atoms with Crippen LogP contribution in [-0.4, -0.2) is 16.8 Å². The molecule has 1 aliphatic heterocycles. The molecule has 1 fully saturated rings. The topological polar surface area (TPSA) is 18.5 Å². The summed E-state index contributed by atoms with van der Waals surface area (Å²) >= 11 is 6.33. The van der Waals surface area contributed by atoms with Gasteiger partial charge in [-0.3, -0.25) is 0 Å². The monoisotopic (exact) mass is 244 g/mol. The highest BCUT2D eigenvalue weighted by Gasteiger charge is 2.26.